The predicted octanol–water partition coefficient (Wildman–Crippen LogP) is 19.3. The molecule has 0 aliphatic heterocycles. The van der Waals surface area contributed by atoms with E-state index in [0.717, 1.165) is 24.7 Å². The topological polar surface area (TPSA) is 35.1 Å². The summed E-state index contributed by atoms with van der Waals surface area (Å²) in [4.78, 5) is 13.1. The number of aryl methyl sites for hydroxylation is 2. The maximum absolute atomic E-state index is 13.1. The molecule has 1 heterocycles. The Morgan fingerprint density at radius 1 is 0.460 bits per heavy atom. The molecule has 4 nitrogen and oxygen atoms in total. The van der Waals surface area contributed by atoms with Gasteiger partial charge in [-0.3, -0.25) is 4.79 Å². The molecule has 0 fully saturated rings. The van der Waals surface area contributed by atoms with Gasteiger partial charge in [-0.25, -0.2) is 9.13 Å². The van der Waals surface area contributed by atoms with Gasteiger partial charge in [0.25, 0.3) is 0 Å². The summed E-state index contributed by atoms with van der Waals surface area (Å²) in [5.41, 5.74) is 0. The highest BCUT2D eigenvalue weighted by molar-refractivity contribution is 5.69. The molecule has 0 aliphatic carbocycles. The molecule has 1 aromatic rings. The Labute approximate surface area is 396 Å². The van der Waals surface area contributed by atoms with Crippen LogP contribution in [0.3, 0.4) is 0 Å². The molecule has 0 aliphatic rings. The maximum Gasteiger partial charge on any atom is 0.310 e. The molecular weight excluding hydrogens is 769 g/mol. The van der Waals surface area contributed by atoms with E-state index in [9.17, 15) is 4.79 Å². The highest BCUT2D eigenvalue weighted by Gasteiger charge is 2.18. The van der Waals surface area contributed by atoms with E-state index in [-0.39, 0.29) is 12.1 Å². The first-order valence-electron chi connectivity index (χ1n) is 29.0. The number of ether oxygens (including phenoxy) is 1. The molecule has 4 heteroatoms. The van der Waals surface area contributed by atoms with Crippen LogP contribution < -0.4 is 4.57 Å². The summed E-state index contributed by atoms with van der Waals surface area (Å²) >= 11 is 0. The van der Waals surface area contributed by atoms with Gasteiger partial charge in [0, 0.05) is 0 Å². The number of esters is 1. The number of rotatable bonds is 50. The summed E-state index contributed by atoms with van der Waals surface area (Å²) in [7, 11) is 2.03. The molecular formula is C59H115N2O2+. The molecule has 1 aromatic heterocycles. The van der Waals surface area contributed by atoms with Crippen molar-refractivity contribution in [3.8, 4) is 0 Å². The first-order valence-corrected chi connectivity index (χ1v) is 29.0. The van der Waals surface area contributed by atoms with Crippen LogP contribution in [0.1, 0.15) is 317 Å². The van der Waals surface area contributed by atoms with E-state index >= 15 is 0 Å². The van der Waals surface area contributed by atoms with Gasteiger partial charge in [0.15, 0.2) is 0 Å². The quantitative estimate of drug-likeness (QED) is 0.0371. The van der Waals surface area contributed by atoms with Gasteiger partial charge in [-0.05, 0) is 43.4 Å². The molecule has 0 N–H and O–H groups in total. The van der Waals surface area contributed by atoms with Gasteiger partial charge in [0.2, 0.25) is 6.33 Å². The molecule has 0 bridgehead atoms. The highest BCUT2D eigenvalue weighted by atomic mass is 16.5. The molecule has 0 radical (unpaired) electrons. The van der Waals surface area contributed by atoms with Crippen LogP contribution in [0.25, 0.3) is 0 Å². The van der Waals surface area contributed by atoms with Crippen molar-refractivity contribution in [1.29, 1.82) is 0 Å². The lowest BCUT2D eigenvalue weighted by Gasteiger charge is -2.21. The second-order valence-corrected chi connectivity index (χ2v) is 21.5. The number of hydrogen-bond acceptors (Lipinski definition) is 2. The third kappa shape index (κ3) is 41.8. The lowest BCUT2D eigenvalue weighted by atomic mass is 9.89. The van der Waals surface area contributed by atoms with Crippen LogP contribution in [-0.4, -0.2) is 16.6 Å². The van der Waals surface area contributed by atoms with E-state index in [0.29, 0.717) is 18.9 Å². The molecule has 372 valence electrons. The number of nitrogens with zero attached hydrogens (tertiary/aromatic N) is 2. The van der Waals surface area contributed by atoms with Crippen LogP contribution in [0, 0.1) is 17.8 Å². The van der Waals surface area contributed by atoms with Crippen LogP contribution in [0.2, 0.25) is 0 Å². The lowest BCUT2D eigenvalue weighted by molar-refractivity contribution is -0.671. The molecule has 2 atom stereocenters. The van der Waals surface area contributed by atoms with Crippen LogP contribution in [-0.2, 0) is 23.1 Å². The molecule has 0 spiro atoms. The standard InChI is InChI=1S/C59H115N2O2/c1-7-9-11-13-15-17-19-21-23-25-27-29-31-33-35-37-44-57(45-38-36-34-32-30-28-26-24-22-20-18-16-14-12-10-8-2)46-39-40-47-58(49-48-56(5)43-41-42-55(3)4)63-59(62)50-51-61-53-52-60(6)54-61/h52-58H,7-51H2,1-6H3/q+1. The third-order valence-corrected chi connectivity index (χ3v) is 14.5. The van der Waals surface area contributed by atoms with Crippen LogP contribution in [0.5, 0.6) is 0 Å². The SMILES string of the molecule is CCCCCCCCCCCCCCCCCCC(CCCCCCCCCCCCCCCCCC)CCCCC(CCC(C)CCCC(C)C)OC(=O)CCn1cc[n+](C)c1. The minimum absolute atomic E-state index is 0.0197. The predicted molar refractivity (Wildman–Crippen MR) is 277 cm³/mol. The normalized spacial score (nSPS) is 12.8. The first kappa shape index (κ1) is 59.7. The van der Waals surface area contributed by atoms with Gasteiger partial charge in [-0.1, -0.05) is 285 Å². The van der Waals surface area contributed by atoms with E-state index in [4.69, 9.17) is 4.74 Å². The van der Waals surface area contributed by atoms with Gasteiger partial charge in [-0.2, -0.15) is 0 Å². The summed E-state index contributed by atoms with van der Waals surface area (Å²) in [5, 5.41) is 0. The Hall–Kier alpha value is -1.32. The zero-order chi connectivity index (χ0) is 45.7. The molecule has 2 unspecified atom stereocenters. The average molecular weight is 885 g/mol. The van der Waals surface area contributed by atoms with E-state index < -0.39 is 0 Å². The fourth-order valence-electron chi connectivity index (χ4n) is 10.1. The summed E-state index contributed by atoms with van der Waals surface area (Å²) in [6.45, 7) is 12.4. The van der Waals surface area contributed by atoms with E-state index in [1.807, 2.05) is 30.3 Å². The Morgan fingerprint density at radius 3 is 1.22 bits per heavy atom. The van der Waals surface area contributed by atoms with Crippen molar-refractivity contribution in [2.75, 3.05) is 0 Å². The molecule has 0 saturated heterocycles. The Kier molecular flexibility index (Phi) is 43.4. The van der Waals surface area contributed by atoms with Gasteiger partial charge < -0.3 is 4.74 Å². The van der Waals surface area contributed by atoms with Crippen molar-refractivity contribution in [2.45, 2.75) is 330 Å². The zero-order valence-electron chi connectivity index (χ0n) is 44.1. The van der Waals surface area contributed by atoms with Crippen molar-refractivity contribution < 1.29 is 14.1 Å². The first-order chi connectivity index (χ1) is 30.8. The van der Waals surface area contributed by atoms with E-state index in [1.165, 1.54) is 263 Å². The minimum atomic E-state index is -0.0197. The second kappa shape index (κ2) is 45.8. The number of aromatic nitrogens is 2. The summed E-state index contributed by atoms with van der Waals surface area (Å²) in [6, 6.07) is 0. The number of carbonyl (C=O) groups excluding carboxylic acids is 1. The van der Waals surface area contributed by atoms with E-state index in [1.54, 1.807) is 0 Å². The van der Waals surface area contributed by atoms with E-state index in [2.05, 4.69) is 39.2 Å². The number of hydrogen-bond donors (Lipinski definition) is 0. The van der Waals surface area contributed by atoms with Crippen LogP contribution >= 0.6 is 0 Å². The minimum Gasteiger partial charge on any atom is -0.462 e. The molecule has 0 amide bonds. The van der Waals surface area contributed by atoms with Gasteiger partial charge in [0.1, 0.15) is 25.0 Å². The van der Waals surface area contributed by atoms with Gasteiger partial charge in [-0.15, -0.1) is 0 Å². The average Bonchev–Trinajstić information content (AvgIpc) is 3.69. The van der Waals surface area contributed by atoms with Gasteiger partial charge in [0.05, 0.1) is 13.5 Å². The Balaban J connectivity index is 2.45. The number of unbranched alkanes of at least 4 members (excludes halogenated alkanes) is 31. The lowest BCUT2D eigenvalue weighted by Crippen LogP contribution is -2.24. The fraction of sp³-hybridized carbons (Fsp3) is 0.932. The van der Waals surface area contributed by atoms with Crippen molar-refractivity contribution in [1.82, 2.24) is 4.57 Å². The summed E-state index contributed by atoms with van der Waals surface area (Å²) < 4.78 is 10.4. The molecule has 1 rings (SSSR count). The van der Waals surface area contributed by atoms with Crippen molar-refractivity contribution in [3.05, 3.63) is 18.7 Å². The number of carbonyl (C=O) groups is 1. The second-order valence-electron chi connectivity index (χ2n) is 21.5. The van der Waals surface area contributed by atoms with Crippen molar-refractivity contribution >= 4 is 5.97 Å². The maximum atomic E-state index is 13.1. The highest BCUT2D eigenvalue weighted by Crippen LogP contribution is 2.27. The Morgan fingerprint density at radius 2 is 0.841 bits per heavy atom. The summed E-state index contributed by atoms with van der Waals surface area (Å²) in [6.07, 6.45) is 66.8. The molecule has 0 aromatic carbocycles. The van der Waals surface area contributed by atoms with Crippen molar-refractivity contribution in [2.24, 2.45) is 24.8 Å². The zero-order valence-corrected chi connectivity index (χ0v) is 44.1. The summed E-state index contributed by atoms with van der Waals surface area (Å²) in [5.74, 6) is 2.35. The van der Waals surface area contributed by atoms with Gasteiger partial charge >= 0.3 is 5.97 Å². The third-order valence-electron chi connectivity index (χ3n) is 14.5. The molecule has 0 saturated carbocycles. The monoisotopic (exact) mass is 884 g/mol. The van der Waals surface area contributed by atoms with Crippen LogP contribution in [0.15, 0.2) is 18.7 Å². The smallest absolute Gasteiger partial charge is 0.310 e. The largest absolute Gasteiger partial charge is 0.462 e. The Bertz CT molecular complexity index is 1030. The van der Waals surface area contributed by atoms with Crippen LogP contribution in [0.4, 0.5) is 0 Å². The van der Waals surface area contributed by atoms with Crippen molar-refractivity contribution in [3.63, 3.8) is 0 Å². The fourth-order valence-corrected chi connectivity index (χ4v) is 10.1. The number of imidazole rings is 1. The molecule has 63 heavy (non-hydrogen) atoms.